The van der Waals surface area contributed by atoms with E-state index in [-0.39, 0.29) is 4.87 Å². The van der Waals surface area contributed by atoms with Crippen LogP contribution in [0.2, 0.25) is 4.34 Å². The molecule has 3 heterocycles. The van der Waals surface area contributed by atoms with E-state index in [1.807, 2.05) is 6.92 Å². The van der Waals surface area contributed by atoms with Crippen molar-refractivity contribution < 1.29 is 0 Å². The highest BCUT2D eigenvalue weighted by atomic mass is 35.5. The smallest absolute Gasteiger partial charge is 0.151 e. The zero-order valence-electron chi connectivity index (χ0n) is 15.6. The van der Waals surface area contributed by atoms with E-state index >= 15 is 0 Å². The highest BCUT2D eigenvalue weighted by molar-refractivity contribution is 7.16. The topological polar surface area (TPSA) is 55.6 Å². The zero-order chi connectivity index (χ0) is 19.3. The number of aromatic nitrogens is 4. The largest absolute Gasteiger partial charge is 0.306 e. The molecule has 2 aliphatic rings. The number of hydrogen-bond acceptors (Lipinski definition) is 5. The third-order valence-corrected chi connectivity index (χ3v) is 8.17. The van der Waals surface area contributed by atoms with Crippen LogP contribution in [0.15, 0.2) is 24.5 Å². The summed E-state index contributed by atoms with van der Waals surface area (Å²) in [5.74, 6) is 1.40. The minimum absolute atomic E-state index is 0.316. The highest BCUT2D eigenvalue weighted by Gasteiger charge is 2.37. The number of aryl methyl sites for hydroxylation is 1. The van der Waals surface area contributed by atoms with Crippen LogP contribution in [0, 0.1) is 6.92 Å². The fourth-order valence-corrected chi connectivity index (χ4v) is 5.89. The van der Waals surface area contributed by atoms with Crippen LogP contribution < -0.4 is 5.32 Å². The minimum Gasteiger partial charge on any atom is -0.306 e. The van der Waals surface area contributed by atoms with Gasteiger partial charge in [-0.1, -0.05) is 23.7 Å². The molecule has 2 aromatic heterocycles. The molecule has 1 saturated carbocycles. The molecular weight excluding hydrogens is 413 g/mol. The summed E-state index contributed by atoms with van der Waals surface area (Å²) in [4.78, 5) is 4.34. The zero-order valence-corrected chi connectivity index (χ0v) is 17.9. The van der Waals surface area contributed by atoms with E-state index in [4.69, 9.17) is 23.2 Å². The van der Waals surface area contributed by atoms with E-state index in [1.54, 1.807) is 17.7 Å². The molecular formula is C20H21Cl2N5S. The molecule has 1 aromatic carbocycles. The number of hydrogen-bond donors (Lipinski definition) is 1. The summed E-state index contributed by atoms with van der Waals surface area (Å²) in [7, 11) is 0. The molecule has 1 N–H and O–H groups in total. The van der Waals surface area contributed by atoms with Crippen LogP contribution in [0.1, 0.15) is 59.3 Å². The lowest BCUT2D eigenvalue weighted by molar-refractivity contribution is 0.358. The molecule has 3 aromatic rings. The van der Waals surface area contributed by atoms with Crippen LogP contribution in [0.3, 0.4) is 0 Å². The summed E-state index contributed by atoms with van der Waals surface area (Å²) < 4.78 is 2.87. The number of nitrogens with one attached hydrogen (secondary N) is 1. The first-order chi connectivity index (χ1) is 13.5. The van der Waals surface area contributed by atoms with Gasteiger partial charge in [-0.15, -0.1) is 33.1 Å². The van der Waals surface area contributed by atoms with Gasteiger partial charge in [0.25, 0.3) is 0 Å². The summed E-state index contributed by atoms with van der Waals surface area (Å²) in [6.07, 6.45) is 5.75. The Kier molecular flexibility index (Phi) is 4.70. The van der Waals surface area contributed by atoms with Crippen molar-refractivity contribution in [1.29, 1.82) is 0 Å². The van der Waals surface area contributed by atoms with Crippen molar-refractivity contribution >= 4 is 34.5 Å². The minimum atomic E-state index is -0.316. The number of rotatable bonds is 2. The maximum atomic E-state index is 7.16. The average molecular weight is 434 g/mol. The van der Waals surface area contributed by atoms with Crippen LogP contribution in [-0.2, 0) is 18.0 Å². The molecule has 1 aliphatic carbocycles. The van der Waals surface area contributed by atoms with Crippen molar-refractivity contribution in [3.8, 4) is 5.69 Å². The van der Waals surface area contributed by atoms with Gasteiger partial charge >= 0.3 is 0 Å². The number of alkyl halides is 1. The molecule has 0 amide bonds. The molecule has 5 rings (SSSR count). The number of nitrogens with zero attached hydrogens (tertiary/aromatic N) is 4. The second-order valence-electron chi connectivity index (χ2n) is 7.72. The van der Waals surface area contributed by atoms with E-state index in [0.29, 0.717) is 12.5 Å². The second-order valence-corrected chi connectivity index (χ2v) is 10.1. The van der Waals surface area contributed by atoms with Crippen molar-refractivity contribution in [1.82, 2.24) is 25.1 Å². The number of fused-ring (bicyclic) bond motifs is 3. The summed E-state index contributed by atoms with van der Waals surface area (Å²) in [6, 6.07) is 6.59. The van der Waals surface area contributed by atoms with Gasteiger partial charge in [-0.25, -0.2) is 4.98 Å². The van der Waals surface area contributed by atoms with Gasteiger partial charge in [-0.3, -0.25) is 4.57 Å². The Morgan fingerprint density at radius 3 is 2.82 bits per heavy atom. The first-order valence-corrected chi connectivity index (χ1v) is 11.2. The van der Waals surface area contributed by atoms with Gasteiger partial charge in [0.2, 0.25) is 0 Å². The lowest BCUT2D eigenvalue weighted by Gasteiger charge is -2.35. The molecule has 0 unspecified atom stereocenters. The fraction of sp³-hybridized carbons (Fsp3) is 0.450. The molecule has 0 radical (unpaired) electrons. The average Bonchev–Trinajstić information content (AvgIpc) is 3.24. The third kappa shape index (κ3) is 3.16. The molecule has 0 atom stereocenters. The fourth-order valence-electron chi connectivity index (χ4n) is 4.31. The normalized spacial score (nSPS) is 24.5. The van der Waals surface area contributed by atoms with E-state index < -0.39 is 0 Å². The van der Waals surface area contributed by atoms with Gasteiger partial charge in [0.1, 0.15) is 10.7 Å². The van der Waals surface area contributed by atoms with Gasteiger partial charge < -0.3 is 5.32 Å². The lowest BCUT2D eigenvalue weighted by Crippen LogP contribution is -2.26. The Morgan fingerprint density at radius 1 is 1.25 bits per heavy atom. The van der Waals surface area contributed by atoms with Gasteiger partial charge in [-0.05, 0) is 49.8 Å². The predicted octanol–water partition coefficient (Wildman–Crippen LogP) is 5.08. The summed E-state index contributed by atoms with van der Waals surface area (Å²) in [5, 5.41) is 12.8. The molecule has 28 heavy (non-hydrogen) atoms. The Bertz CT molecular complexity index is 1000. The van der Waals surface area contributed by atoms with E-state index in [2.05, 4.69) is 43.3 Å². The van der Waals surface area contributed by atoms with Gasteiger partial charge in [0, 0.05) is 12.5 Å². The van der Waals surface area contributed by atoms with E-state index in [1.165, 1.54) is 11.1 Å². The van der Waals surface area contributed by atoms with E-state index in [9.17, 15) is 0 Å². The van der Waals surface area contributed by atoms with Crippen molar-refractivity contribution in [2.75, 3.05) is 0 Å². The van der Waals surface area contributed by atoms with E-state index in [0.717, 1.165) is 58.8 Å². The molecule has 146 valence electrons. The lowest BCUT2D eigenvalue weighted by atomic mass is 9.77. The van der Waals surface area contributed by atoms with Crippen LogP contribution >= 0.6 is 34.5 Å². The van der Waals surface area contributed by atoms with Crippen LogP contribution in [0.4, 0.5) is 0 Å². The van der Waals surface area contributed by atoms with Gasteiger partial charge in [0.15, 0.2) is 5.82 Å². The van der Waals surface area contributed by atoms with Crippen molar-refractivity contribution in [3.05, 3.63) is 56.5 Å². The summed E-state index contributed by atoms with van der Waals surface area (Å²) in [5.41, 5.74) is 4.52. The maximum Gasteiger partial charge on any atom is 0.151 e. The molecule has 5 nitrogen and oxygen atoms in total. The molecule has 1 fully saturated rings. The SMILES string of the molecule is Cc1nc(C2CCC(Cl)(c3ccc4c(c3)CNCc3nncn3-4)CC2)sc1Cl. The van der Waals surface area contributed by atoms with Gasteiger partial charge in [-0.2, -0.15) is 0 Å². The molecule has 0 saturated heterocycles. The third-order valence-electron chi connectivity index (χ3n) is 5.96. The van der Waals surface area contributed by atoms with Crippen molar-refractivity contribution in [3.63, 3.8) is 0 Å². The van der Waals surface area contributed by atoms with Crippen molar-refractivity contribution in [2.45, 2.75) is 56.5 Å². The summed E-state index contributed by atoms with van der Waals surface area (Å²) >= 11 is 15.0. The predicted molar refractivity (Wildman–Crippen MR) is 113 cm³/mol. The van der Waals surface area contributed by atoms with Gasteiger partial charge in [0.05, 0.1) is 27.8 Å². The monoisotopic (exact) mass is 433 g/mol. The summed E-state index contributed by atoms with van der Waals surface area (Å²) in [6.45, 7) is 3.49. The van der Waals surface area contributed by atoms with Crippen LogP contribution in [-0.4, -0.2) is 19.7 Å². The quantitative estimate of drug-likeness (QED) is 0.572. The molecule has 0 spiro atoms. The molecule has 8 heteroatoms. The molecule has 0 bridgehead atoms. The standard InChI is InChI=1S/C20H21Cl2N5S/c1-12-18(21)28-19(25-12)13-4-6-20(22,7-5-13)15-2-3-16-14(8-15)9-23-10-17-26-24-11-27(16)17/h2-3,8,11,13,23H,4-7,9-10H2,1H3. The number of thiazole rings is 1. The number of halogens is 2. The Morgan fingerprint density at radius 2 is 2.07 bits per heavy atom. The maximum absolute atomic E-state index is 7.16. The number of benzene rings is 1. The first-order valence-electron chi connectivity index (χ1n) is 9.59. The van der Waals surface area contributed by atoms with Crippen LogP contribution in [0.5, 0.6) is 0 Å². The Labute approximate surface area is 178 Å². The highest BCUT2D eigenvalue weighted by Crippen LogP contribution is 2.49. The Hall–Kier alpha value is -1.47. The molecule has 1 aliphatic heterocycles. The first kappa shape index (κ1) is 18.6. The Balaban J connectivity index is 1.39. The van der Waals surface area contributed by atoms with Crippen LogP contribution in [0.25, 0.3) is 5.69 Å². The van der Waals surface area contributed by atoms with Crippen molar-refractivity contribution in [2.24, 2.45) is 0 Å². The second kappa shape index (κ2) is 7.10.